The number of hydrogen-bond acceptors (Lipinski definition) is 3. The van der Waals surface area contributed by atoms with Crippen LogP contribution in [0.2, 0.25) is 0 Å². The topological polar surface area (TPSA) is 43.4 Å². The Labute approximate surface area is 76.6 Å². The summed E-state index contributed by atoms with van der Waals surface area (Å²) in [5.74, 6) is 1.59. The van der Waals surface area contributed by atoms with Crippen LogP contribution in [0.5, 0.6) is 0 Å². The summed E-state index contributed by atoms with van der Waals surface area (Å²) in [5, 5.41) is -0.103. The SMILES string of the molecule is O=S1(=O)OC2C34CC3C3CC1C24C3. The van der Waals surface area contributed by atoms with Crippen molar-refractivity contribution in [2.75, 3.05) is 0 Å². The van der Waals surface area contributed by atoms with Gasteiger partial charge in [-0.15, -0.1) is 0 Å². The Kier molecular flexibility index (Phi) is 0.607. The van der Waals surface area contributed by atoms with Crippen molar-refractivity contribution in [1.29, 1.82) is 0 Å². The van der Waals surface area contributed by atoms with Gasteiger partial charge in [-0.05, 0) is 31.1 Å². The lowest BCUT2D eigenvalue weighted by atomic mass is 10.0. The predicted molar refractivity (Wildman–Crippen MR) is 43.3 cm³/mol. The molecular formula is C9H10O3S. The van der Waals surface area contributed by atoms with E-state index in [2.05, 4.69) is 0 Å². The second kappa shape index (κ2) is 1.23. The minimum absolute atomic E-state index is 0.103. The van der Waals surface area contributed by atoms with Crippen LogP contribution >= 0.6 is 0 Å². The fourth-order valence-electron chi connectivity index (χ4n) is 5.29. The van der Waals surface area contributed by atoms with E-state index in [-0.39, 0.29) is 16.8 Å². The zero-order valence-corrected chi connectivity index (χ0v) is 7.88. The summed E-state index contributed by atoms with van der Waals surface area (Å²) in [4.78, 5) is 0. The molecule has 3 nitrogen and oxygen atoms in total. The van der Waals surface area contributed by atoms with Gasteiger partial charge in [-0.1, -0.05) is 0 Å². The lowest BCUT2D eigenvalue weighted by molar-refractivity contribution is 0.257. The van der Waals surface area contributed by atoms with Crippen LogP contribution in [-0.4, -0.2) is 19.8 Å². The first-order chi connectivity index (χ1) is 6.13. The molecule has 5 fully saturated rings. The van der Waals surface area contributed by atoms with Gasteiger partial charge >= 0.3 is 0 Å². The molecule has 0 aromatic carbocycles. The molecule has 1 heterocycles. The third-order valence-corrected chi connectivity index (χ3v) is 7.39. The summed E-state index contributed by atoms with van der Waals surface area (Å²) in [6.07, 6.45) is 3.46. The van der Waals surface area contributed by atoms with Crippen LogP contribution in [-0.2, 0) is 14.3 Å². The van der Waals surface area contributed by atoms with E-state index >= 15 is 0 Å². The summed E-state index contributed by atoms with van der Waals surface area (Å²) in [7, 11) is -3.15. The van der Waals surface area contributed by atoms with E-state index in [4.69, 9.17) is 4.18 Å². The van der Waals surface area contributed by atoms with Crippen molar-refractivity contribution in [3.8, 4) is 0 Å². The normalized spacial score (nSPS) is 77.8. The van der Waals surface area contributed by atoms with Crippen LogP contribution in [0.15, 0.2) is 0 Å². The lowest BCUT2D eigenvalue weighted by Gasteiger charge is -2.17. The maximum Gasteiger partial charge on any atom is 0.271 e. The first-order valence-corrected chi connectivity index (χ1v) is 6.52. The van der Waals surface area contributed by atoms with E-state index in [1.807, 2.05) is 0 Å². The molecule has 4 saturated carbocycles. The van der Waals surface area contributed by atoms with Gasteiger partial charge in [-0.2, -0.15) is 8.42 Å². The van der Waals surface area contributed by atoms with Gasteiger partial charge in [-0.3, -0.25) is 4.18 Å². The Morgan fingerprint density at radius 3 is 2.92 bits per heavy atom. The van der Waals surface area contributed by atoms with Gasteiger partial charge in [-0.25, -0.2) is 0 Å². The molecule has 2 bridgehead atoms. The monoisotopic (exact) mass is 198 g/mol. The quantitative estimate of drug-likeness (QED) is 0.533. The molecular weight excluding hydrogens is 188 g/mol. The van der Waals surface area contributed by atoms with Crippen LogP contribution < -0.4 is 0 Å². The number of fused-ring (bicyclic) bond motifs is 2. The standard InChI is InChI=1S/C9H10O3S/c10-13(11)6-1-4-2-9(6)7(12-13)8(9)3-5(4)8/h4-7H,1-3H2. The van der Waals surface area contributed by atoms with Crippen molar-refractivity contribution in [1.82, 2.24) is 0 Å². The largest absolute Gasteiger partial charge is 0.271 e. The molecule has 4 aliphatic carbocycles. The third kappa shape index (κ3) is 0.349. The Hall–Kier alpha value is -0.0900. The van der Waals surface area contributed by atoms with Crippen molar-refractivity contribution in [3.05, 3.63) is 0 Å². The van der Waals surface area contributed by atoms with Crippen molar-refractivity contribution in [2.45, 2.75) is 30.6 Å². The van der Waals surface area contributed by atoms with E-state index in [1.165, 1.54) is 6.42 Å². The molecule has 1 aliphatic heterocycles. The molecule has 6 atom stereocenters. The molecule has 2 spiro atoms. The fourth-order valence-corrected chi connectivity index (χ4v) is 7.48. The Balaban J connectivity index is 1.86. The van der Waals surface area contributed by atoms with Gasteiger partial charge in [0.1, 0.15) is 0 Å². The van der Waals surface area contributed by atoms with Gasteiger partial charge in [0.15, 0.2) is 0 Å². The van der Waals surface area contributed by atoms with Gasteiger partial charge < -0.3 is 0 Å². The van der Waals surface area contributed by atoms with Crippen molar-refractivity contribution in [3.63, 3.8) is 0 Å². The van der Waals surface area contributed by atoms with Crippen molar-refractivity contribution < 1.29 is 12.6 Å². The fraction of sp³-hybridized carbons (Fsp3) is 1.00. The molecule has 5 aliphatic rings. The number of rotatable bonds is 0. The first-order valence-electron chi connectivity index (χ1n) is 5.05. The van der Waals surface area contributed by atoms with E-state index in [0.717, 1.165) is 24.7 Å². The maximum atomic E-state index is 11.6. The van der Waals surface area contributed by atoms with Gasteiger partial charge in [0.2, 0.25) is 0 Å². The lowest BCUT2D eigenvalue weighted by Crippen LogP contribution is -2.27. The van der Waals surface area contributed by atoms with Crippen molar-refractivity contribution in [2.24, 2.45) is 22.7 Å². The van der Waals surface area contributed by atoms with E-state index in [1.54, 1.807) is 0 Å². The molecule has 13 heavy (non-hydrogen) atoms. The van der Waals surface area contributed by atoms with Gasteiger partial charge in [0.05, 0.1) is 11.4 Å². The summed E-state index contributed by atoms with van der Waals surface area (Å²) in [6.45, 7) is 0. The molecule has 4 heteroatoms. The molecule has 1 saturated heterocycles. The summed E-state index contributed by atoms with van der Waals surface area (Å²) in [6, 6.07) is 0. The first kappa shape index (κ1) is 6.40. The highest BCUT2D eigenvalue weighted by atomic mass is 32.2. The van der Waals surface area contributed by atoms with Crippen molar-refractivity contribution >= 4 is 10.1 Å². The summed E-state index contributed by atoms with van der Waals surface area (Å²) < 4.78 is 28.4. The highest BCUT2D eigenvalue weighted by Crippen LogP contribution is 2.98. The predicted octanol–water partition coefficient (Wildman–Crippen LogP) is 0.513. The van der Waals surface area contributed by atoms with Crippen LogP contribution in [0.4, 0.5) is 0 Å². The average molecular weight is 198 g/mol. The van der Waals surface area contributed by atoms with Crippen LogP contribution in [0.3, 0.4) is 0 Å². The molecule has 0 aromatic heterocycles. The minimum Gasteiger partial charge on any atom is -0.265 e. The van der Waals surface area contributed by atoms with Crippen LogP contribution in [0, 0.1) is 22.7 Å². The van der Waals surface area contributed by atoms with E-state index in [0.29, 0.717) is 5.41 Å². The highest BCUT2D eigenvalue weighted by Gasteiger charge is 3.01. The van der Waals surface area contributed by atoms with E-state index in [9.17, 15) is 8.42 Å². The highest BCUT2D eigenvalue weighted by molar-refractivity contribution is 7.87. The maximum absolute atomic E-state index is 11.6. The smallest absolute Gasteiger partial charge is 0.265 e. The minimum atomic E-state index is -3.15. The average Bonchev–Trinajstić information content (AvgIpc) is 2.76. The summed E-state index contributed by atoms with van der Waals surface area (Å²) >= 11 is 0. The molecule has 0 radical (unpaired) electrons. The molecule has 0 aromatic rings. The zero-order chi connectivity index (χ0) is 8.64. The Bertz CT molecular complexity index is 455. The Morgan fingerprint density at radius 1 is 1.23 bits per heavy atom. The number of hydrogen-bond donors (Lipinski definition) is 0. The Morgan fingerprint density at radius 2 is 2.08 bits per heavy atom. The molecule has 70 valence electrons. The molecule has 0 N–H and O–H groups in total. The van der Waals surface area contributed by atoms with Gasteiger partial charge in [0, 0.05) is 10.8 Å². The van der Waals surface area contributed by atoms with Gasteiger partial charge in [0.25, 0.3) is 10.1 Å². The van der Waals surface area contributed by atoms with Crippen LogP contribution in [0.1, 0.15) is 19.3 Å². The molecule has 0 amide bonds. The zero-order valence-electron chi connectivity index (χ0n) is 7.06. The van der Waals surface area contributed by atoms with E-state index < -0.39 is 10.1 Å². The van der Waals surface area contributed by atoms with Crippen LogP contribution in [0.25, 0.3) is 0 Å². The molecule has 6 unspecified atom stereocenters. The second-order valence-electron chi connectivity index (χ2n) is 5.55. The third-order valence-electron chi connectivity index (χ3n) is 5.62. The summed E-state index contributed by atoms with van der Waals surface area (Å²) in [5.41, 5.74) is 0.535. The molecule has 5 rings (SSSR count). The second-order valence-corrected chi connectivity index (χ2v) is 7.30.